The van der Waals surface area contributed by atoms with E-state index in [1.807, 2.05) is 0 Å². The predicted octanol–water partition coefficient (Wildman–Crippen LogP) is 19.3. The van der Waals surface area contributed by atoms with Gasteiger partial charge in [-0.25, -0.2) is 0 Å². The largest absolute Gasteiger partial charge is 0.462 e. The smallest absolute Gasteiger partial charge is 0.306 e. The molecule has 0 aromatic rings. The number of carbonyl (C=O) groups is 3. The number of unbranched alkanes of at least 4 members (excludes halogenated alkanes) is 19. The second-order valence-electron chi connectivity index (χ2n) is 18.4. The summed E-state index contributed by atoms with van der Waals surface area (Å²) in [5.74, 6) is -0.933. The lowest BCUT2D eigenvalue weighted by Crippen LogP contribution is -2.30. The highest BCUT2D eigenvalue weighted by Crippen LogP contribution is 2.14. The lowest BCUT2D eigenvalue weighted by Gasteiger charge is -2.18. The molecule has 0 heterocycles. The fourth-order valence-electron chi connectivity index (χ4n) is 7.46. The minimum Gasteiger partial charge on any atom is -0.462 e. The van der Waals surface area contributed by atoms with Crippen molar-refractivity contribution < 1.29 is 28.6 Å². The molecule has 6 heteroatoms. The topological polar surface area (TPSA) is 78.9 Å². The van der Waals surface area contributed by atoms with Crippen molar-refractivity contribution in [3.05, 3.63) is 122 Å². The first-order valence-corrected chi connectivity index (χ1v) is 28.5. The third-order valence-electron chi connectivity index (χ3n) is 11.7. The molecule has 396 valence electrons. The van der Waals surface area contributed by atoms with Crippen LogP contribution in [0.5, 0.6) is 0 Å². The number of carbonyl (C=O) groups excluding carboxylic acids is 3. The normalized spacial score (nSPS) is 13.0. The van der Waals surface area contributed by atoms with Crippen LogP contribution in [0.3, 0.4) is 0 Å². The molecule has 0 saturated heterocycles. The van der Waals surface area contributed by atoms with Gasteiger partial charge < -0.3 is 14.2 Å². The molecule has 1 unspecified atom stereocenters. The Bertz CT molecular complexity index is 1490. The maximum absolute atomic E-state index is 12.8. The van der Waals surface area contributed by atoms with Crippen molar-refractivity contribution in [2.45, 2.75) is 252 Å². The van der Waals surface area contributed by atoms with Crippen LogP contribution in [-0.4, -0.2) is 37.2 Å². The van der Waals surface area contributed by atoms with Crippen LogP contribution in [-0.2, 0) is 28.6 Å². The molecule has 0 rings (SSSR count). The molecule has 0 aromatic heterocycles. The SMILES string of the molecule is CC/C=C\C/C=C\C/C=C\C/C=C\C/C=C\CCCCCCCCCC(=O)OCC(COC(=O)CCCCCCC/C=C\CCC)OC(=O)CCCCCCCC/C=C\C/C=C\C/C=C\C/C=C\CC. The summed E-state index contributed by atoms with van der Waals surface area (Å²) in [6.07, 6.45) is 79.0. The fourth-order valence-corrected chi connectivity index (χ4v) is 7.46. The van der Waals surface area contributed by atoms with E-state index in [2.05, 4.69) is 142 Å². The van der Waals surface area contributed by atoms with Gasteiger partial charge in [0.05, 0.1) is 0 Å². The van der Waals surface area contributed by atoms with Crippen molar-refractivity contribution in [2.24, 2.45) is 0 Å². The molecule has 0 N–H and O–H groups in total. The second kappa shape index (κ2) is 57.4. The predicted molar refractivity (Wildman–Crippen MR) is 302 cm³/mol. The summed E-state index contributed by atoms with van der Waals surface area (Å²) < 4.78 is 16.8. The molecule has 0 aliphatic rings. The van der Waals surface area contributed by atoms with Gasteiger partial charge in [0.2, 0.25) is 0 Å². The lowest BCUT2D eigenvalue weighted by atomic mass is 10.1. The van der Waals surface area contributed by atoms with E-state index < -0.39 is 6.10 Å². The molecule has 0 aliphatic heterocycles. The van der Waals surface area contributed by atoms with Crippen molar-refractivity contribution >= 4 is 17.9 Å². The molecule has 1 atom stereocenters. The third kappa shape index (κ3) is 54.7. The Hall–Kier alpha value is -4.19. The average molecular weight is 970 g/mol. The van der Waals surface area contributed by atoms with Crippen LogP contribution in [0.1, 0.15) is 245 Å². The van der Waals surface area contributed by atoms with Crippen LogP contribution >= 0.6 is 0 Å². The number of esters is 3. The van der Waals surface area contributed by atoms with E-state index in [0.29, 0.717) is 19.3 Å². The van der Waals surface area contributed by atoms with Gasteiger partial charge in [-0.1, -0.05) is 226 Å². The average Bonchev–Trinajstić information content (AvgIpc) is 3.36. The van der Waals surface area contributed by atoms with E-state index in [1.54, 1.807) is 0 Å². The molecular formula is C64H104O6. The fraction of sp³-hybridized carbons (Fsp3) is 0.641. The highest BCUT2D eigenvalue weighted by Gasteiger charge is 2.19. The number of ether oxygens (including phenoxy) is 3. The summed E-state index contributed by atoms with van der Waals surface area (Å²) in [4.78, 5) is 38.1. The minimum absolute atomic E-state index is 0.0949. The van der Waals surface area contributed by atoms with Crippen molar-refractivity contribution in [3.63, 3.8) is 0 Å². The molecule has 0 bridgehead atoms. The van der Waals surface area contributed by atoms with E-state index in [9.17, 15) is 14.4 Å². The zero-order valence-electron chi connectivity index (χ0n) is 45.2. The zero-order chi connectivity index (χ0) is 50.7. The van der Waals surface area contributed by atoms with Gasteiger partial charge in [0.15, 0.2) is 6.10 Å². The monoisotopic (exact) mass is 969 g/mol. The van der Waals surface area contributed by atoms with Crippen LogP contribution in [0.25, 0.3) is 0 Å². The summed E-state index contributed by atoms with van der Waals surface area (Å²) in [6.45, 7) is 6.32. The molecule has 0 spiro atoms. The van der Waals surface area contributed by atoms with Gasteiger partial charge in [0, 0.05) is 19.3 Å². The van der Waals surface area contributed by atoms with Crippen molar-refractivity contribution in [3.8, 4) is 0 Å². The van der Waals surface area contributed by atoms with Crippen molar-refractivity contribution in [2.75, 3.05) is 13.2 Å². The third-order valence-corrected chi connectivity index (χ3v) is 11.7. The quantitative estimate of drug-likeness (QED) is 0.0262. The summed E-state index contributed by atoms with van der Waals surface area (Å²) in [6, 6.07) is 0. The van der Waals surface area contributed by atoms with Gasteiger partial charge in [-0.2, -0.15) is 0 Å². The molecule has 0 amide bonds. The molecule has 0 radical (unpaired) electrons. The van der Waals surface area contributed by atoms with Crippen LogP contribution in [0, 0.1) is 0 Å². The Morgan fingerprint density at radius 3 is 0.886 bits per heavy atom. The highest BCUT2D eigenvalue weighted by molar-refractivity contribution is 5.71. The Kier molecular flexibility index (Phi) is 54.0. The standard InChI is InChI=1S/C64H104O6/c1-4-7-10-13-16-19-22-24-26-28-30-31-32-33-35-36-38-40-42-45-48-51-54-57-63(66)69-60-61(59-68-62(65)56-53-50-47-44-21-18-15-12-9-6-3)70-64(67)58-55-52-49-46-43-41-39-37-34-29-27-25-23-20-17-14-11-8-5-2/h7-8,10-12,15-17,19-20,24-27,30-31,33-35,37,61H,4-6,9,13-14,18,21-23,28-29,32,36,38-60H2,1-3H3/b10-7-,11-8-,15-12-,19-16-,20-17-,26-24-,27-25-,31-30-,35-33-,37-34-. The maximum Gasteiger partial charge on any atom is 0.306 e. The lowest BCUT2D eigenvalue weighted by molar-refractivity contribution is -0.167. The zero-order valence-corrected chi connectivity index (χ0v) is 45.2. The Labute approximate surface area is 431 Å². The Morgan fingerprint density at radius 1 is 0.300 bits per heavy atom. The van der Waals surface area contributed by atoms with Gasteiger partial charge in [-0.15, -0.1) is 0 Å². The number of hydrogen-bond donors (Lipinski definition) is 0. The van der Waals surface area contributed by atoms with E-state index in [1.165, 1.54) is 51.4 Å². The Balaban J connectivity index is 4.37. The number of rotatable bonds is 50. The van der Waals surface area contributed by atoms with E-state index >= 15 is 0 Å². The first kappa shape index (κ1) is 65.8. The summed E-state index contributed by atoms with van der Waals surface area (Å²) in [5.41, 5.74) is 0. The maximum atomic E-state index is 12.8. The van der Waals surface area contributed by atoms with Crippen molar-refractivity contribution in [1.82, 2.24) is 0 Å². The van der Waals surface area contributed by atoms with Gasteiger partial charge in [0.1, 0.15) is 13.2 Å². The van der Waals surface area contributed by atoms with Crippen LogP contribution in [0.2, 0.25) is 0 Å². The van der Waals surface area contributed by atoms with E-state index in [-0.39, 0.29) is 31.1 Å². The molecule has 0 aliphatic carbocycles. The number of allylic oxidation sites excluding steroid dienone is 20. The first-order valence-electron chi connectivity index (χ1n) is 28.5. The van der Waals surface area contributed by atoms with Crippen LogP contribution in [0.4, 0.5) is 0 Å². The molecule has 0 aromatic carbocycles. The molecule has 70 heavy (non-hydrogen) atoms. The van der Waals surface area contributed by atoms with E-state index in [4.69, 9.17) is 14.2 Å². The molecular weight excluding hydrogens is 865 g/mol. The minimum atomic E-state index is -0.797. The van der Waals surface area contributed by atoms with Gasteiger partial charge in [-0.3, -0.25) is 14.4 Å². The highest BCUT2D eigenvalue weighted by atomic mass is 16.6. The van der Waals surface area contributed by atoms with Gasteiger partial charge in [-0.05, 0) is 122 Å². The Morgan fingerprint density at radius 2 is 0.557 bits per heavy atom. The summed E-state index contributed by atoms with van der Waals surface area (Å²) in [7, 11) is 0. The first-order chi connectivity index (χ1) is 34.5. The molecule has 0 fully saturated rings. The van der Waals surface area contributed by atoms with Crippen molar-refractivity contribution in [1.29, 1.82) is 0 Å². The van der Waals surface area contributed by atoms with Gasteiger partial charge in [0.25, 0.3) is 0 Å². The molecule has 0 saturated carbocycles. The van der Waals surface area contributed by atoms with Crippen LogP contribution in [0.15, 0.2) is 122 Å². The van der Waals surface area contributed by atoms with E-state index in [0.717, 1.165) is 154 Å². The van der Waals surface area contributed by atoms with Gasteiger partial charge >= 0.3 is 17.9 Å². The summed E-state index contributed by atoms with van der Waals surface area (Å²) >= 11 is 0. The second-order valence-corrected chi connectivity index (χ2v) is 18.4. The number of hydrogen-bond acceptors (Lipinski definition) is 6. The van der Waals surface area contributed by atoms with Crippen LogP contribution < -0.4 is 0 Å². The summed E-state index contributed by atoms with van der Waals surface area (Å²) in [5, 5.41) is 0. The molecule has 6 nitrogen and oxygen atoms in total.